The summed E-state index contributed by atoms with van der Waals surface area (Å²) in [5, 5.41) is 13.5. The first-order valence-electron chi connectivity index (χ1n) is 5.45. The van der Waals surface area contributed by atoms with Crippen LogP contribution in [0.25, 0.3) is 23.1 Å². The Labute approximate surface area is 116 Å². The number of phenols is 1. The van der Waals surface area contributed by atoms with E-state index in [-0.39, 0.29) is 5.75 Å². The number of nitrogens with zero attached hydrogens (tertiary/aromatic N) is 4. The van der Waals surface area contributed by atoms with E-state index in [0.717, 1.165) is 0 Å². The van der Waals surface area contributed by atoms with E-state index in [9.17, 15) is 5.11 Å². The molecule has 0 atom stereocenters. The Morgan fingerprint density at radius 1 is 1.37 bits per heavy atom. The molecule has 0 aliphatic rings. The van der Waals surface area contributed by atoms with E-state index in [1.165, 1.54) is 0 Å². The highest BCUT2D eigenvalue weighted by molar-refractivity contribution is 9.10. The summed E-state index contributed by atoms with van der Waals surface area (Å²) in [5.74, 6) is 1.48. The molecule has 3 rings (SSSR count). The quantitative estimate of drug-likeness (QED) is 0.785. The van der Waals surface area contributed by atoms with Gasteiger partial charge in [0.2, 0.25) is 5.82 Å². The van der Waals surface area contributed by atoms with Crippen molar-refractivity contribution in [2.75, 3.05) is 0 Å². The molecule has 0 aliphatic carbocycles. The second-order valence-corrected chi connectivity index (χ2v) is 4.81. The number of aromatic hydroxyl groups is 1. The van der Waals surface area contributed by atoms with Crippen LogP contribution in [-0.4, -0.2) is 24.8 Å². The van der Waals surface area contributed by atoms with Gasteiger partial charge in [-0.05, 0) is 34.1 Å². The second-order valence-electron chi connectivity index (χ2n) is 3.95. The van der Waals surface area contributed by atoms with Crippen molar-refractivity contribution in [2.45, 2.75) is 0 Å². The minimum atomic E-state index is 0.120. The number of imidazole rings is 1. The van der Waals surface area contributed by atoms with Gasteiger partial charge in [-0.15, -0.1) is 0 Å². The van der Waals surface area contributed by atoms with Gasteiger partial charge < -0.3 is 14.2 Å². The molecule has 0 fully saturated rings. The largest absolute Gasteiger partial charge is 0.507 e. The van der Waals surface area contributed by atoms with E-state index in [1.54, 1.807) is 35.2 Å². The molecule has 2 aromatic heterocycles. The maximum atomic E-state index is 9.64. The monoisotopic (exact) mass is 320 g/mol. The summed E-state index contributed by atoms with van der Waals surface area (Å²) in [6.45, 7) is 0. The van der Waals surface area contributed by atoms with Crippen LogP contribution in [0, 0.1) is 0 Å². The Hall–Kier alpha value is -2.15. The number of benzene rings is 1. The Morgan fingerprint density at radius 3 is 2.89 bits per heavy atom. The molecule has 0 radical (unpaired) electrons. The summed E-state index contributed by atoms with van der Waals surface area (Å²) in [6, 6.07) is 5.05. The van der Waals surface area contributed by atoms with Crippen LogP contribution in [0.3, 0.4) is 0 Å². The predicted molar refractivity (Wildman–Crippen MR) is 71.3 cm³/mol. The second kappa shape index (κ2) is 4.51. The third-order valence-corrected chi connectivity index (χ3v) is 3.31. The molecule has 1 aromatic carbocycles. The lowest BCUT2D eigenvalue weighted by Crippen LogP contribution is -1.92. The highest BCUT2D eigenvalue weighted by atomic mass is 79.9. The van der Waals surface area contributed by atoms with Gasteiger partial charge in [0.05, 0.1) is 4.47 Å². The fourth-order valence-corrected chi connectivity index (χ4v) is 1.90. The van der Waals surface area contributed by atoms with Crippen molar-refractivity contribution in [3.63, 3.8) is 0 Å². The SMILES string of the molecule is Cn1ccnc1-c1noc(-c2ccc(Br)c(O)c2)n1. The Balaban J connectivity index is 2.01. The van der Waals surface area contributed by atoms with Gasteiger partial charge >= 0.3 is 0 Å². The third kappa shape index (κ3) is 2.12. The molecule has 3 aromatic rings. The molecular weight excluding hydrogens is 312 g/mol. The summed E-state index contributed by atoms with van der Waals surface area (Å²) in [6.07, 6.45) is 3.47. The van der Waals surface area contributed by atoms with Crippen molar-refractivity contribution in [1.82, 2.24) is 19.7 Å². The summed E-state index contributed by atoms with van der Waals surface area (Å²) in [7, 11) is 1.85. The van der Waals surface area contributed by atoms with Crippen molar-refractivity contribution < 1.29 is 9.63 Å². The van der Waals surface area contributed by atoms with Gasteiger partial charge in [-0.2, -0.15) is 4.98 Å². The lowest BCUT2D eigenvalue weighted by molar-refractivity contribution is 0.430. The van der Waals surface area contributed by atoms with Gasteiger partial charge in [0.1, 0.15) is 5.75 Å². The Kier molecular flexibility index (Phi) is 2.83. The van der Waals surface area contributed by atoms with E-state index in [1.807, 2.05) is 7.05 Å². The fraction of sp³-hybridized carbons (Fsp3) is 0.0833. The predicted octanol–water partition coefficient (Wildman–Crippen LogP) is 2.61. The van der Waals surface area contributed by atoms with Crippen molar-refractivity contribution in [2.24, 2.45) is 7.05 Å². The normalized spacial score (nSPS) is 10.8. The van der Waals surface area contributed by atoms with Crippen LogP contribution < -0.4 is 0 Å². The van der Waals surface area contributed by atoms with Crippen molar-refractivity contribution in [3.8, 4) is 28.9 Å². The zero-order valence-corrected chi connectivity index (χ0v) is 11.5. The molecule has 96 valence electrons. The van der Waals surface area contributed by atoms with Crippen LogP contribution in [0.2, 0.25) is 0 Å². The van der Waals surface area contributed by atoms with E-state index in [4.69, 9.17) is 4.52 Å². The van der Waals surface area contributed by atoms with Gasteiger partial charge in [-0.1, -0.05) is 5.16 Å². The molecule has 0 unspecified atom stereocenters. The topological polar surface area (TPSA) is 77.0 Å². The summed E-state index contributed by atoms with van der Waals surface area (Å²) < 4.78 is 7.59. The van der Waals surface area contributed by atoms with Crippen molar-refractivity contribution in [1.29, 1.82) is 0 Å². The number of halogens is 1. The maximum absolute atomic E-state index is 9.64. The van der Waals surface area contributed by atoms with Crippen molar-refractivity contribution >= 4 is 15.9 Å². The molecular formula is C12H9BrN4O2. The molecule has 6 nitrogen and oxygen atoms in total. The van der Waals surface area contributed by atoms with Crippen LogP contribution in [0.15, 0.2) is 39.6 Å². The fourth-order valence-electron chi connectivity index (χ4n) is 1.66. The number of hydrogen-bond acceptors (Lipinski definition) is 5. The molecule has 0 saturated carbocycles. The maximum Gasteiger partial charge on any atom is 0.258 e. The number of aryl methyl sites for hydroxylation is 1. The molecule has 1 N–H and O–H groups in total. The molecule has 19 heavy (non-hydrogen) atoms. The van der Waals surface area contributed by atoms with Gasteiger partial charge in [0.15, 0.2) is 5.82 Å². The smallest absolute Gasteiger partial charge is 0.258 e. The number of hydrogen-bond donors (Lipinski definition) is 1. The average molecular weight is 321 g/mol. The highest BCUT2D eigenvalue weighted by Crippen LogP contribution is 2.29. The number of aromatic nitrogens is 4. The van der Waals surface area contributed by atoms with Crippen LogP contribution in [-0.2, 0) is 7.05 Å². The summed E-state index contributed by atoms with van der Waals surface area (Å²) >= 11 is 3.22. The zero-order valence-electron chi connectivity index (χ0n) is 9.91. The minimum absolute atomic E-state index is 0.120. The molecule has 7 heteroatoms. The molecule has 0 spiro atoms. The first-order valence-corrected chi connectivity index (χ1v) is 6.25. The van der Waals surface area contributed by atoms with Gasteiger partial charge in [-0.25, -0.2) is 4.98 Å². The summed E-state index contributed by atoms with van der Waals surface area (Å²) in [5.41, 5.74) is 0.647. The zero-order chi connectivity index (χ0) is 13.4. The van der Waals surface area contributed by atoms with Crippen LogP contribution in [0.5, 0.6) is 5.75 Å². The standard InChI is InChI=1S/C12H9BrN4O2/c1-17-5-4-14-11(17)10-15-12(19-16-10)7-2-3-8(13)9(18)6-7/h2-6,18H,1H3. The third-order valence-electron chi connectivity index (χ3n) is 2.64. The number of rotatable bonds is 2. The Morgan fingerprint density at radius 2 is 2.21 bits per heavy atom. The lowest BCUT2D eigenvalue weighted by atomic mass is 10.2. The van der Waals surface area contributed by atoms with Gasteiger partial charge in [0.25, 0.3) is 5.89 Å². The Bertz CT molecular complexity index is 735. The van der Waals surface area contributed by atoms with E-state index in [0.29, 0.717) is 27.6 Å². The highest BCUT2D eigenvalue weighted by Gasteiger charge is 2.14. The molecule has 0 bridgehead atoms. The van der Waals surface area contributed by atoms with Gasteiger partial charge in [0, 0.05) is 25.0 Å². The van der Waals surface area contributed by atoms with Crippen molar-refractivity contribution in [3.05, 3.63) is 35.1 Å². The molecule has 2 heterocycles. The minimum Gasteiger partial charge on any atom is -0.507 e. The van der Waals surface area contributed by atoms with Gasteiger partial charge in [-0.3, -0.25) is 0 Å². The van der Waals surface area contributed by atoms with E-state index in [2.05, 4.69) is 31.1 Å². The molecule has 0 aliphatic heterocycles. The summed E-state index contributed by atoms with van der Waals surface area (Å²) in [4.78, 5) is 8.41. The number of phenolic OH excluding ortho intramolecular Hbond substituents is 1. The van der Waals surface area contributed by atoms with Crippen LogP contribution >= 0.6 is 15.9 Å². The van der Waals surface area contributed by atoms with Crippen LogP contribution in [0.1, 0.15) is 0 Å². The first kappa shape index (κ1) is 11.9. The van der Waals surface area contributed by atoms with E-state index >= 15 is 0 Å². The average Bonchev–Trinajstić information content (AvgIpc) is 3.01. The van der Waals surface area contributed by atoms with E-state index < -0.39 is 0 Å². The molecule has 0 amide bonds. The molecule has 0 saturated heterocycles. The lowest BCUT2D eigenvalue weighted by Gasteiger charge is -1.98. The van der Waals surface area contributed by atoms with Crippen LogP contribution in [0.4, 0.5) is 0 Å². The first-order chi connectivity index (χ1) is 9.15.